The first-order valence-electron chi connectivity index (χ1n) is 30.4. The molecule has 410 valence electrons. The van der Waals surface area contributed by atoms with Crippen molar-refractivity contribution in [3.05, 3.63) is 134 Å². The van der Waals surface area contributed by atoms with Gasteiger partial charge in [-0.05, 0) is 109 Å². The van der Waals surface area contributed by atoms with Crippen molar-refractivity contribution in [1.82, 2.24) is 5.32 Å². The van der Waals surface area contributed by atoms with E-state index in [2.05, 4.69) is 141 Å². The number of aliphatic hydroxyl groups is 2. The zero-order valence-electron chi connectivity index (χ0n) is 47.2. The van der Waals surface area contributed by atoms with Gasteiger partial charge in [-0.1, -0.05) is 289 Å². The van der Waals surface area contributed by atoms with E-state index in [0.717, 1.165) is 96.3 Å². The number of hydrogen-bond donors (Lipinski definition) is 3. The standard InChI is InChI=1S/C68H115NO3/c1-3-5-7-9-11-13-15-17-19-21-23-25-27-29-30-31-32-33-34-35-36-37-38-40-42-44-46-48-50-52-54-56-58-60-62-64-68(72)69-66(65-70)67(71)63-61-59-57-55-53-51-49-47-45-43-41-39-28-26-24-22-20-18-16-14-12-10-8-6-4-2/h5,7,11,13,17,19,23,25,29-30,32-33,35-36,38,40,45,47,53,55,61,63,66-67,70-71H,3-4,6,8-10,12,14-16,18,20-22,24,26-28,31,34,37,39,41-44,46,48-52,54,56-60,62,64-65H2,1-2H3,(H,69,72)/b7-5-,13-11-,19-17-,25-23-,30-29-,33-32-,36-35-,40-38-,47-45+,55-53+,63-61+. The lowest BCUT2D eigenvalue weighted by Gasteiger charge is -2.19. The molecule has 3 N–H and O–H groups in total. The summed E-state index contributed by atoms with van der Waals surface area (Å²) in [5.74, 6) is -0.0866. The van der Waals surface area contributed by atoms with Gasteiger partial charge in [-0.2, -0.15) is 0 Å². The Balaban J connectivity index is 3.63. The van der Waals surface area contributed by atoms with E-state index < -0.39 is 12.1 Å². The third kappa shape index (κ3) is 57.4. The molecule has 0 aromatic heterocycles. The topological polar surface area (TPSA) is 69.6 Å². The van der Waals surface area contributed by atoms with Gasteiger partial charge >= 0.3 is 0 Å². The third-order valence-corrected chi connectivity index (χ3v) is 13.1. The summed E-state index contributed by atoms with van der Waals surface area (Å²) in [4.78, 5) is 12.5. The van der Waals surface area contributed by atoms with Crippen LogP contribution in [0.5, 0.6) is 0 Å². The summed E-state index contributed by atoms with van der Waals surface area (Å²) in [6.07, 6.45) is 96.2. The summed E-state index contributed by atoms with van der Waals surface area (Å²) in [7, 11) is 0. The van der Waals surface area contributed by atoms with Crippen LogP contribution in [-0.2, 0) is 4.79 Å². The first-order valence-corrected chi connectivity index (χ1v) is 30.4. The number of amides is 1. The number of allylic oxidation sites excluding steroid dienone is 21. The molecular weight excluding hydrogens is 879 g/mol. The summed E-state index contributed by atoms with van der Waals surface area (Å²) < 4.78 is 0. The molecule has 0 aromatic rings. The highest BCUT2D eigenvalue weighted by atomic mass is 16.3. The monoisotopic (exact) mass is 994 g/mol. The lowest BCUT2D eigenvalue weighted by atomic mass is 10.0. The van der Waals surface area contributed by atoms with Gasteiger partial charge in [-0.25, -0.2) is 0 Å². The van der Waals surface area contributed by atoms with Crippen molar-refractivity contribution in [2.24, 2.45) is 0 Å². The molecule has 0 heterocycles. The molecule has 0 rings (SSSR count). The first kappa shape index (κ1) is 68.5. The van der Waals surface area contributed by atoms with Crippen LogP contribution in [-0.4, -0.2) is 34.9 Å². The van der Waals surface area contributed by atoms with E-state index in [1.807, 2.05) is 6.08 Å². The van der Waals surface area contributed by atoms with Crippen LogP contribution in [0.15, 0.2) is 134 Å². The number of unbranched alkanes of at least 4 members (excludes halogenated alkanes) is 27. The predicted molar refractivity (Wildman–Crippen MR) is 322 cm³/mol. The summed E-state index contributed by atoms with van der Waals surface area (Å²) in [5.41, 5.74) is 0. The molecule has 1 amide bonds. The van der Waals surface area contributed by atoms with E-state index in [0.29, 0.717) is 6.42 Å². The Kier molecular flexibility index (Phi) is 58.8. The van der Waals surface area contributed by atoms with E-state index in [-0.39, 0.29) is 12.5 Å². The maximum Gasteiger partial charge on any atom is 0.220 e. The predicted octanol–water partition coefficient (Wildman–Crippen LogP) is 20.6. The normalized spacial score (nSPS) is 13.8. The van der Waals surface area contributed by atoms with Gasteiger partial charge in [0.05, 0.1) is 18.8 Å². The molecule has 0 aromatic carbocycles. The Bertz CT molecular complexity index is 1450. The van der Waals surface area contributed by atoms with Crippen LogP contribution < -0.4 is 5.32 Å². The maximum atomic E-state index is 12.5. The highest BCUT2D eigenvalue weighted by Gasteiger charge is 2.18. The van der Waals surface area contributed by atoms with Gasteiger partial charge in [-0.3, -0.25) is 4.79 Å². The summed E-state index contributed by atoms with van der Waals surface area (Å²) in [6, 6.07) is -0.659. The van der Waals surface area contributed by atoms with E-state index in [1.165, 1.54) is 154 Å². The second-order valence-corrected chi connectivity index (χ2v) is 20.0. The SMILES string of the molecule is CC/C=C\C/C=C\C/C=C\C/C=C\C/C=C\C/C=C\C/C=C\C/C=C\CCCCCCCCCCCCC(=O)NC(CO)C(O)/C=C/CC/C=C/CC/C=C/CCCCCCCCCCCCCCCCC. The third-order valence-electron chi connectivity index (χ3n) is 13.1. The molecule has 0 bridgehead atoms. The Morgan fingerprint density at radius 1 is 0.347 bits per heavy atom. The number of carbonyl (C=O) groups is 1. The average molecular weight is 995 g/mol. The highest BCUT2D eigenvalue weighted by molar-refractivity contribution is 5.76. The fourth-order valence-corrected chi connectivity index (χ4v) is 8.52. The molecule has 0 aliphatic rings. The minimum absolute atomic E-state index is 0.0866. The largest absolute Gasteiger partial charge is 0.394 e. The Morgan fingerprint density at radius 3 is 0.972 bits per heavy atom. The van der Waals surface area contributed by atoms with Gasteiger partial charge in [0.1, 0.15) is 0 Å². The smallest absolute Gasteiger partial charge is 0.220 e. The van der Waals surface area contributed by atoms with Crippen LogP contribution in [0.1, 0.15) is 271 Å². The lowest BCUT2D eigenvalue weighted by molar-refractivity contribution is -0.123. The van der Waals surface area contributed by atoms with Crippen molar-refractivity contribution < 1.29 is 15.0 Å². The van der Waals surface area contributed by atoms with Gasteiger partial charge in [0.25, 0.3) is 0 Å². The van der Waals surface area contributed by atoms with Crippen molar-refractivity contribution in [3.8, 4) is 0 Å². The molecule has 0 fully saturated rings. The van der Waals surface area contributed by atoms with Crippen molar-refractivity contribution >= 4 is 5.91 Å². The van der Waals surface area contributed by atoms with E-state index in [1.54, 1.807) is 6.08 Å². The van der Waals surface area contributed by atoms with Gasteiger partial charge in [-0.15, -0.1) is 0 Å². The number of carbonyl (C=O) groups excluding carboxylic acids is 1. The molecule has 2 unspecified atom stereocenters. The quantitative estimate of drug-likeness (QED) is 0.0420. The number of hydrogen-bond acceptors (Lipinski definition) is 3. The molecule has 4 heteroatoms. The molecular formula is C68H115NO3. The minimum atomic E-state index is -0.882. The Labute approximate surface area is 447 Å². The van der Waals surface area contributed by atoms with Crippen molar-refractivity contribution in [2.75, 3.05) is 6.61 Å². The molecule has 0 aliphatic heterocycles. The average Bonchev–Trinajstić information content (AvgIpc) is 3.39. The Morgan fingerprint density at radius 2 is 0.625 bits per heavy atom. The molecule has 4 nitrogen and oxygen atoms in total. The van der Waals surface area contributed by atoms with Crippen LogP contribution in [0.25, 0.3) is 0 Å². The molecule has 0 aliphatic carbocycles. The van der Waals surface area contributed by atoms with Crippen molar-refractivity contribution in [3.63, 3.8) is 0 Å². The zero-order valence-corrected chi connectivity index (χ0v) is 47.2. The summed E-state index contributed by atoms with van der Waals surface area (Å²) in [6.45, 7) is 4.19. The molecule has 72 heavy (non-hydrogen) atoms. The van der Waals surface area contributed by atoms with Crippen LogP contribution in [0.2, 0.25) is 0 Å². The van der Waals surface area contributed by atoms with Crippen LogP contribution in [0, 0.1) is 0 Å². The fourth-order valence-electron chi connectivity index (χ4n) is 8.52. The summed E-state index contributed by atoms with van der Waals surface area (Å²) in [5, 5.41) is 23.2. The number of nitrogens with one attached hydrogen (secondary N) is 1. The first-order chi connectivity index (χ1) is 35.7. The zero-order chi connectivity index (χ0) is 52.0. The van der Waals surface area contributed by atoms with Gasteiger partial charge < -0.3 is 15.5 Å². The summed E-state index contributed by atoms with van der Waals surface area (Å²) >= 11 is 0. The molecule has 0 saturated carbocycles. The van der Waals surface area contributed by atoms with Gasteiger partial charge in [0.2, 0.25) is 5.91 Å². The number of aliphatic hydroxyl groups excluding tert-OH is 2. The number of rotatable bonds is 54. The fraction of sp³-hybridized carbons (Fsp3) is 0.662. The van der Waals surface area contributed by atoms with Crippen LogP contribution >= 0.6 is 0 Å². The lowest BCUT2D eigenvalue weighted by Crippen LogP contribution is -2.45. The van der Waals surface area contributed by atoms with E-state index in [9.17, 15) is 15.0 Å². The van der Waals surface area contributed by atoms with Crippen molar-refractivity contribution in [1.29, 1.82) is 0 Å². The van der Waals surface area contributed by atoms with Gasteiger partial charge in [0, 0.05) is 6.42 Å². The van der Waals surface area contributed by atoms with Crippen LogP contribution in [0.4, 0.5) is 0 Å². The van der Waals surface area contributed by atoms with Crippen LogP contribution in [0.3, 0.4) is 0 Å². The molecule has 2 atom stereocenters. The van der Waals surface area contributed by atoms with E-state index in [4.69, 9.17) is 0 Å². The second kappa shape index (κ2) is 61.8. The van der Waals surface area contributed by atoms with Crippen molar-refractivity contribution in [2.45, 2.75) is 283 Å². The maximum absolute atomic E-state index is 12.5. The minimum Gasteiger partial charge on any atom is -0.394 e. The Hall–Kier alpha value is -3.47. The molecule has 0 spiro atoms. The second-order valence-electron chi connectivity index (χ2n) is 20.0. The molecule has 0 radical (unpaired) electrons. The molecule has 0 saturated heterocycles. The van der Waals surface area contributed by atoms with E-state index >= 15 is 0 Å². The highest BCUT2D eigenvalue weighted by Crippen LogP contribution is 2.15. The van der Waals surface area contributed by atoms with Gasteiger partial charge in [0.15, 0.2) is 0 Å².